The highest BCUT2D eigenvalue weighted by atomic mass is 35.5. The van der Waals surface area contributed by atoms with Gasteiger partial charge >= 0.3 is 0 Å². The van der Waals surface area contributed by atoms with Gasteiger partial charge in [-0.2, -0.15) is 0 Å². The second-order valence-electron chi connectivity index (χ2n) is 8.21. The van der Waals surface area contributed by atoms with Crippen LogP contribution in [0.3, 0.4) is 0 Å². The maximum atomic E-state index is 13.0. The summed E-state index contributed by atoms with van der Waals surface area (Å²) in [6, 6.07) is 22.3. The third kappa shape index (κ3) is 6.04. The third-order valence-electron chi connectivity index (χ3n) is 5.75. The van der Waals surface area contributed by atoms with Crippen molar-refractivity contribution in [3.63, 3.8) is 0 Å². The van der Waals surface area contributed by atoms with E-state index in [0.717, 1.165) is 5.56 Å². The van der Waals surface area contributed by atoms with Crippen LogP contribution in [0.4, 0.5) is 0 Å². The molecule has 1 unspecified atom stereocenters. The van der Waals surface area contributed by atoms with E-state index in [9.17, 15) is 18.0 Å². The van der Waals surface area contributed by atoms with Crippen LogP contribution in [0.15, 0.2) is 78.9 Å². The SMILES string of the molecule is O=C(c1ccc(Cl)cc1)c1ccc(OCC(=O)N(Cc2ccccc2)C2CCS(=O)(=O)C2)cc1. The van der Waals surface area contributed by atoms with Gasteiger partial charge in [0.1, 0.15) is 5.75 Å². The van der Waals surface area contributed by atoms with Crippen LogP contribution < -0.4 is 4.74 Å². The summed E-state index contributed by atoms with van der Waals surface area (Å²) in [6.45, 7) is 0.0889. The molecular weight excluding hydrogens is 474 g/mol. The summed E-state index contributed by atoms with van der Waals surface area (Å²) in [4.78, 5) is 27.2. The Bertz CT molecular complexity index is 1260. The first-order valence-corrected chi connectivity index (χ1v) is 13.1. The molecule has 1 aliphatic rings. The molecule has 176 valence electrons. The molecule has 1 heterocycles. The molecule has 3 aromatic carbocycles. The Morgan fingerprint density at radius 3 is 2.12 bits per heavy atom. The Morgan fingerprint density at radius 2 is 1.53 bits per heavy atom. The van der Waals surface area contributed by atoms with Crippen molar-refractivity contribution in [3.8, 4) is 5.75 Å². The number of benzene rings is 3. The number of carbonyl (C=O) groups excluding carboxylic acids is 2. The van der Waals surface area contributed by atoms with Gasteiger partial charge in [0.15, 0.2) is 22.2 Å². The minimum atomic E-state index is -3.15. The normalized spacial score (nSPS) is 16.7. The van der Waals surface area contributed by atoms with E-state index in [0.29, 0.717) is 34.9 Å². The molecule has 0 bridgehead atoms. The monoisotopic (exact) mass is 497 g/mol. The van der Waals surface area contributed by atoms with Gasteiger partial charge in [-0.25, -0.2) is 8.42 Å². The van der Waals surface area contributed by atoms with Crippen LogP contribution in [0, 0.1) is 0 Å². The minimum absolute atomic E-state index is 0.0346. The minimum Gasteiger partial charge on any atom is -0.484 e. The van der Waals surface area contributed by atoms with Gasteiger partial charge in [-0.15, -0.1) is 0 Å². The molecule has 8 heteroatoms. The highest BCUT2D eigenvalue weighted by molar-refractivity contribution is 7.91. The van der Waals surface area contributed by atoms with Crippen molar-refractivity contribution in [1.29, 1.82) is 0 Å². The molecule has 1 amide bonds. The van der Waals surface area contributed by atoms with Gasteiger partial charge in [0, 0.05) is 28.7 Å². The lowest BCUT2D eigenvalue weighted by Gasteiger charge is -2.28. The van der Waals surface area contributed by atoms with Gasteiger partial charge in [0.2, 0.25) is 0 Å². The molecule has 4 rings (SSSR count). The van der Waals surface area contributed by atoms with Crippen LogP contribution in [0.2, 0.25) is 5.02 Å². The zero-order valence-corrected chi connectivity index (χ0v) is 20.0. The van der Waals surface area contributed by atoms with Crippen molar-refractivity contribution >= 4 is 33.1 Å². The molecule has 1 saturated heterocycles. The van der Waals surface area contributed by atoms with Crippen molar-refractivity contribution in [2.45, 2.75) is 19.0 Å². The van der Waals surface area contributed by atoms with Crippen LogP contribution >= 0.6 is 11.6 Å². The van der Waals surface area contributed by atoms with E-state index >= 15 is 0 Å². The summed E-state index contributed by atoms with van der Waals surface area (Å²) in [5, 5.41) is 0.557. The first kappa shape index (κ1) is 24.0. The van der Waals surface area contributed by atoms with E-state index in [-0.39, 0.29) is 35.8 Å². The number of rotatable bonds is 8. The number of nitrogens with zero attached hydrogens (tertiary/aromatic N) is 1. The van der Waals surface area contributed by atoms with E-state index in [1.165, 1.54) is 0 Å². The number of halogens is 1. The van der Waals surface area contributed by atoms with Crippen LogP contribution in [0.5, 0.6) is 5.75 Å². The summed E-state index contributed by atoms with van der Waals surface area (Å²) in [5.74, 6) is 0.0653. The lowest BCUT2D eigenvalue weighted by Crippen LogP contribution is -2.43. The Hall–Kier alpha value is -3.16. The van der Waals surface area contributed by atoms with E-state index in [1.807, 2.05) is 30.3 Å². The Balaban J connectivity index is 1.41. The van der Waals surface area contributed by atoms with Crippen molar-refractivity contribution in [3.05, 3.63) is 101 Å². The van der Waals surface area contributed by atoms with Crippen molar-refractivity contribution < 1.29 is 22.7 Å². The van der Waals surface area contributed by atoms with Crippen molar-refractivity contribution in [2.75, 3.05) is 18.1 Å². The number of hydrogen-bond donors (Lipinski definition) is 0. The van der Waals surface area contributed by atoms with Gasteiger partial charge < -0.3 is 9.64 Å². The molecule has 0 spiro atoms. The number of ketones is 1. The second kappa shape index (κ2) is 10.4. The van der Waals surface area contributed by atoms with Crippen LogP contribution in [0.1, 0.15) is 27.9 Å². The van der Waals surface area contributed by atoms with Crippen LogP contribution in [0.25, 0.3) is 0 Å². The molecule has 0 N–H and O–H groups in total. The second-order valence-corrected chi connectivity index (χ2v) is 10.9. The van der Waals surface area contributed by atoms with E-state index in [4.69, 9.17) is 16.3 Å². The van der Waals surface area contributed by atoms with Crippen LogP contribution in [-0.4, -0.2) is 49.2 Å². The predicted molar refractivity (Wildman–Crippen MR) is 131 cm³/mol. The summed E-state index contributed by atoms with van der Waals surface area (Å²) in [6.07, 6.45) is 0.419. The summed E-state index contributed by atoms with van der Waals surface area (Å²) in [5.41, 5.74) is 1.93. The molecule has 0 saturated carbocycles. The summed E-state index contributed by atoms with van der Waals surface area (Å²) in [7, 11) is -3.15. The average Bonchev–Trinajstić information content (AvgIpc) is 3.21. The molecule has 0 radical (unpaired) electrons. The standard InChI is InChI=1S/C26H24ClNO5S/c27-22-10-6-20(7-11-22)26(30)21-8-12-24(13-9-21)33-17-25(29)28(16-19-4-2-1-3-5-19)23-14-15-34(31,32)18-23/h1-13,23H,14-18H2. The fourth-order valence-electron chi connectivity index (χ4n) is 3.92. The Kier molecular flexibility index (Phi) is 7.34. The predicted octanol–water partition coefficient (Wildman–Crippen LogP) is 4.17. The van der Waals surface area contributed by atoms with Gasteiger partial charge in [0.05, 0.1) is 11.5 Å². The highest BCUT2D eigenvalue weighted by Gasteiger charge is 2.34. The van der Waals surface area contributed by atoms with E-state index < -0.39 is 9.84 Å². The molecule has 1 atom stereocenters. The number of ether oxygens (including phenoxy) is 1. The lowest BCUT2D eigenvalue weighted by atomic mass is 10.0. The number of sulfone groups is 1. The molecule has 34 heavy (non-hydrogen) atoms. The lowest BCUT2D eigenvalue weighted by molar-refractivity contribution is -0.136. The fourth-order valence-corrected chi connectivity index (χ4v) is 5.78. The van der Waals surface area contributed by atoms with E-state index in [1.54, 1.807) is 53.4 Å². The average molecular weight is 498 g/mol. The quantitative estimate of drug-likeness (QED) is 0.436. The third-order valence-corrected chi connectivity index (χ3v) is 7.75. The topological polar surface area (TPSA) is 80.8 Å². The Morgan fingerprint density at radius 1 is 0.912 bits per heavy atom. The zero-order chi connectivity index (χ0) is 24.1. The molecule has 3 aromatic rings. The zero-order valence-electron chi connectivity index (χ0n) is 18.4. The summed E-state index contributed by atoms with van der Waals surface area (Å²) < 4.78 is 29.7. The first-order chi connectivity index (χ1) is 16.3. The number of amides is 1. The van der Waals surface area contributed by atoms with Crippen molar-refractivity contribution in [2.24, 2.45) is 0 Å². The molecule has 0 aliphatic carbocycles. The fraction of sp³-hybridized carbons (Fsp3) is 0.231. The summed E-state index contributed by atoms with van der Waals surface area (Å²) >= 11 is 5.88. The smallest absolute Gasteiger partial charge is 0.261 e. The largest absolute Gasteiger partial charge is 0.484 e. The van der Waals surface area contributed by atoms with Crippen molar-refractivity contribution in [1.82, 2.24) is 4.90 Å². The van der Waals surface area contributed by atoms with Crippen LogP contribution in [-0.2, 0) is 21.2 Å². The molecule has 0 aromatic heterocycles. The molecule has 1 aliphatic heterocycles. The van der Waals surface area contributed by atoms with E-state index in [2.05, 4.69) is 0 Å². The van der Waals surface area contributed by atoms with Gasteiger partial charge in [-0.3, -0.25) is 9.59 Å². The molecule has 6 nitrogen and oxygen atoms in total. The first-order valence-electron chi connectivity index (χ1n) is 10.9. The maximum Gasteiger partial charge on any atom is 0.261 e. The molecular formula is C26H24ClNO5S. The van der Waals surface area contributed by atoms with Gasteiger partial charge in [0.25, 0.3) is 5.91 Å². The maximum absolute atomic E-state index is 13.0. The molecule has 1 fully saturated rings. The Labute approximate surface area is 204 Å². The number of hydrogen-bond acceptors (Lipinski definition) is 5. The number of carbonyl (C=O) groups is 2. The van der Waals surface area contributed by atoms with Gasteiger partial charge in [-0.05, 0) is 60.5 Å². The van der Waals surface area contributed by atoms with Gasteiger partial charge in [-0.1, -0.05) is 41.9 Å². The highest BCUT2D eigenvalue weighted by Crippen LogP contribution is 2.22.